The van der Waals surface area contributed by atoms with Crippen molar-refractivity contribution in [2.45, 2.75) is 31.7 Å². The number of hydrogen-bond donors (Lipinski definition) is 1. The van der Waals surface area contributed by atoms with Crippen molar-refractivity contribution in [3.63, 3.8) is 0 Å². The molecule has 5 nitrogen and oxygen atoms in total. The quantitative estimate of drug-likeness (QED) is 0.739. The Bertz CT molecular complexity index is 696. The standard InChI is InChI=1S/C16H17Br2N3O2/c17-11-5-6-14(13(18)9-11)23-10-16(22)20-15-7-8-19-21(15)12-3-1-2-4-12/h5-9,12H,1-4,10H2,(H,20,22). The monoisotopic (exact) mass is 441 g/mol. The van der Waals surface area contributed by atoms with E-state index in [4.69, 9.17) is 4.74 Å². The van der Waals surface area contributed by atoms with Crippen LogP contribution in [0.2, 0.25) is 0 Å². The Morgan fingerprint density at radius 2 is 2.09 bits per heavy atom. The van der Waals surface area contributed by atoms with E-state index in [0.29, 0.717) is 11.8 Å². The maximum Gasteiger partial charge on any atom is 0.263 e. The maximum absolute atomic E-state index is 12.1. The van der Waals surface area contributed by atoms with Crippen LogP contribution >= 0.6 is 31.9 Å². The number of nitrogens with zero attached hydrogens (tertiary/aromatic N) is 2. The molecule has 0 radical (unpaired) electrons. The summed E-state index contributed by atoms with van der Waals surface area (Å²) in [4.78, 5) is 12.1. The van der Waals surface area contributed by atoms with Crippen LogP contribution in [0.1, 0.15) is 31.7 Å². The van der Waals surface area contributed by atoms with Gasteiger partial charge in [0, 0.05) is 10.5 Å². The number of rotatable bonds is 5. The van der Waals surface area contributed by atoms with Crippen LogP contribution < -0.4 is 10.1 Å². The molecule has 1 aromatic carbocycles. The first-order valence-corrected chi connectivity index (χ1v) is 9.13. The summed E-state index contributed by atoms with van der Waals surface area (Å²) in [6.45, 7) is -0.0456. The van der Waals surface area contributed by atoms with Gasteiger partial charge in [-0.1, -0.05) is 28.8 Å². The van der Waals surface area contributed by atoms with Crippen molar-refractivity contribution in [3.05, 3.63) is 39.4 Å². The lowest BCUT2D eigenvalue weighted by molar-refractivity contribution is -0.118. The van der Waals surface area contributed by atoms with Gasteiger partial charge in [-0.3, -0.25) is 4.79 Å². The first kappa shape index (κ1) is 16.5. The number of aromatic nitrogens is 2. The van der Waals surface area contributed by atoms with E-state index in [1.807, 2.05) is 28.9 Å². The molecule has 1 aliphatic carbocycles. The first-order chi connectivity index (χ1) is 11.1. The van der Waals surface area contributed by atoms with Crippen molar-refractivity contribution in [1.29, 1.82) is 0 Å². The van der Waals surface area contributed by atoms with E-state index in [1.165, 1.54) is 12.8 Å². The predicted octanol–water partition coefficient (Wildman–Crippen LogP) is 4.54. The molecule has 1 heterocycles. The molecule has 1 N–H and O–H groups in total. The van der Waals surface area contributed by atoms with Gasteiger partial charge in [-0.25, -0.2) is 4.68 Å². The number of carbonyl (C=O) groups excluding carboxylic acids is 1. The highest BCUT2D eigenvalue weighted by Crippen LogP contribution is 2.31. The molecule has 1 fully saturated rings. The number of nitrogens with one attached hydrogen (secondary N) is 1. The molecule has 0 bridgehead atoms. The van der Waals surface area contributed by atoms with E-state index in [9.17, 15) is 4.79 Å². The highest BCUT2D eigenvalue weighted by Gasteiger charge is 2.20. The summed E-state index contributed by atoms with van der Waals surface area (Å²) in [5.41, 5.74) is 0. The molecular formula is C16H17Br2N3O2. The third-order valence-corrected chi connectivity index (χ3v) is 4.97. The Morgan fingerprint density at radius 1 is 1.30 bits per heavy atom. The summed E-state index contributed by atoms with van der Waals surface area (Å²) in [5, 5.41) is 7.22. The van der Waals surface area contributed by atoms with E-state index in [1.54, 1.807) is 6.20 Å². The molecule has 1 saturated carbocycles. The zero-order valence-corrected chi connectivity index (χ0v) is 15.6. The topological polar surface area (TPSA) is 56.1 Å². The van der Waals surface area contributed by atoms with Gasteiger partial charge in [0.1, 0.15) is 11.6 Å². The second-order valence-electron chi connectivity index (χ2n) is 5.51. The molecule has 1 aliphatic rings. The fourth-order valence-electron chi connectivity index (χ4n) is 2.77. The molecular weight excluding hydrogens is 426 g/mol. The summed E-state index contributed by atoms with van der Waals surface area (Å²) in [6, 6.07) is 7.77. The zero-order chi connectivity index (χ0) is 16.2. The minimum atomic E-state index is -0.195. The second kappa shape index (κ2) is 7.49. The normalized spacial score (nSPS) is 14.9. The minimum absolute atomic E-state index is 0.0456. The molecule has 0 aliphatic heterocycles. The van der Waals surface area contributed by atoms with Crippen LogP contribution in [0, 0.1) is 0 Å². The molecule has 0 unspecified atom stereocenters. The molecule has 1 aromatic heterocycles. The number of anilines is 1. The van der Waals surface area contributed by atoms with Gasteiger partial charge in [0.15, 0.2) is 6.61 Å². The number of hydrogen-bond acceptors (Lipinski definition) is 3. The third kappa shape index (κ3) is 4.14. The Labute approximate surface area is 151 Å². The number of halogens is 2. The zero-order valence-electron chi connectivity index (χ0n) is 12.5. The Hall–Kier alpha value is -1.34. The SMILES string of the molecule is O=C(COc1ccc(Br)cc1Br)Nc1ccnn1C1CCCC1. The van der Waals surface area contributed by atoms with E-state index in [0.717, 1.165) is 27.6 Å². The van der Waals surface area contributed by atoms with Crippen LogP contribution in [0.15, 0.2) is 39.4 Å². The minimum Gasteiger partial charge on any atom is -0.483 e. The summed E-state index contributed by atoms with van der Waals surface area (Å²) >= 11 is 6.80. The Balaban J connectivity index is 1.58. The lowest BCUT2D eigenvalue weighted by Crippen LogP contribution is -2.23. The number of carbonyl (C=O) groups is 1. The van der Waals surface area contributed by atoms with Crippen LogP contribution in [0.5, 0.6) is 5.75 Å². The average Bonchev–Trinajstić information content (AvgIpc) is 3.17. The van der Waals surface area contributed by atoms with E-state index >= 15 is 0 Å². The van der Waals surface area contributed by atoms with Crippen molar-refractivity contribution in [2.75, 3.05) is 11.9 Å². The Kier molecular flexibility index (Phi) is 5.38. The maximum atomic E-state index is 12.1. The van der Waals surface area contributed by atoms with E-state index in [-0.39, 0.29) is 12.5 Å². The van der Waals surface area contributed by atoms with Gasteiger partial charge in [0.05, 0.1) is 16.7 Å². The van der Waals surface area contributed by atoms with Gasteiger partial charge in [-0.05, 0) is 47.0 Å². The average molecular weight is 443 g/mol. The number of benzene rings is 1. The van der Waals surface area contributed by atoms with Crippen LogP contribution in [-0.4, -0.2) is 22.3 Å². The molecule has 3 rings (SSSR count). The lowest BCUT2D eigenvalue weighted by atomic mass is 10.2. The van der Waals surface area contributed by atoms with Crippen LogP contribution in [0.3, 0.4) is 0 Å². The predicted molar refractivity (Wildman–Crippen MR) is 95.7 cm³/mol. The molecule has 0 saturated heterocycles. The summed E-state index contributed by atoms with van der Waals surface area (Å²) < 4.78 is 9.22. The molecule has 7 heteroatoms. The number of amides is 1. The number of ether oxygens (including phenoxy) is 1. The fraction of sp³-hybridized carbons (Fsp3) is 0.375. The highest BCUT2D eigenvalue weighted by atomic mass is 79.9. The molecule has 23 heavy (non-hydrogen) atoms. The summed E-state index contributed by atoms with van der Waals surface area (Å²) in [7, 11) is 0. The summed E-state index contributed by atoms with van der Waals surface area (Å²) in [6.07, 6.45) is 6.40. The lowest BCUT2D eigenvalue weighted by Gasteiger charge is -2.15. The van der Waals surface area contributed by atoms with Crippen molar-refractivity contribution in [3.8, 4) is 5.75 Å². The van der Waals surface area contributed by atoms with Gasteiger partial charge < -0.3 is 10.1 Å². The van der Waals surface area contributed by atoms with Crippen molar-refractivity contribution < 1.29 is 9.53 Å². The van der Waals surface area contributed by atoms with Gasteiger partial charge in [-0.15, -0.1) is 0 Å². The van der Waals surface area contributed by atoms with E-state index < -0.39 is 0 Å². The van der Waals surface area contributed by atoms with Crippen molar-refractivity contribution in [1.82, 2.24) is 9.78 Å². The largest absolute Gasteiger partial charge is 0.483 e. The smallest absolute Gasteiger partial charge is 0.263 e. The summed E-state index contributed by atoms with van der Waals surface area (Å²) in [5.74, 6) is 1.17. The van der Waals surface area contributed by atoms with Crippen LogP contribution in [-0.2, 0) is 4.79 Å². The van der Waals surface area contributed by atoms with Gasteiger partial charge in [0.2, 0.25) is 0 Å². The van der Waals surface area contributed by atoms with Crippen LogP contribution in [0.4, 0.5) is 5.82 Å². The van der Waals surface area contributed by atoms with Crippen LogP contribution in [0.25, 0.3) is 0 Å². The van der Waals surface area contributed by atoms with Gasteiger partial charge in [0.25, 0.3) is 5.91 Å². The van der Waals surface area contributed by atoms with E-state index in [2.05, 4.69) is 42.3 Å². The van der Waals surface area contributed by atoms with Gasteiger partial charge in [-0.2, -0.15) is 5.10 Å². The molecule has 1 amide bonds. The fourth-order valence-corrected chi connectivity index (χ4v) is 3.93. The third-order valence-electron chi connectivity index (χ3n) is 3.86. The molecule has 0 atom stereocenters. The van der Waals surface area contributed by atoms with Crippen molar-refractivity contribution in [2.24, 2.45) is 0 Å². The molecule has 2 aromatic rings. The Morgan fingerprint density at radius 3 is 2.83 bits per heavy atom. The first-order valence-electron chi connectivity index (χ1n) is 7.54. The van der Waals surface area contributed by atoms with Crippen molar-refractivity contribution >= 4 is 43.6 Å². The second-order valence-corrected chi connectivity index (χ2v) is 7.28. The molecule has 122 valence electrons. The molecule has 0 spiro atoms. The highest BCUT2D eigenvalue weighted by molar-refractivity contribution is 9.11. The van der Waals surface area contributed by atoms with Gasteiger partial charge >= 0.3 is 0 Å².